The largest absolute Gasteiger partial charge is 0.365 e. The summed E-state index contributed by atoms with van der Waals surface area (Å²) in [6, 6.07) is 40.6. The molecule has 8 saturated heterocycles. The molecule has 4 amide bonds. The predicted octanol–water partition coefficient (Wildman–Crippen LogP) is 16.1. The van der Waals surface area contributed by atoms with Gasteiger partial charge in [-0.3, -0.25) is 44.1 Å². The van der Waals surface area contributed by atoms with Crippen molar-refractivity contribution < 1.29 is 19.2 Å². The minimum atomic E-state index is -0.0437. The van der Waals surface area contributed by atoms with E-state index in [1.165, 1.54) is 12.8 Å². The highest BCUT2D eigenvalue weighted by Crippen LogP contribution is 2.44. The van der Waals surface area contributed by atoms with Gasteiger partial charge in [0.05, 0.1) is 46.7 Å². The molecule has 4 N–H and O–H groups in total. The van der Waals surface area contributed by atoms with Crippen molar-refractivity contribution in [1.29, 1.82) is 0 Å². The zero-order chi connectivity index (χ0) is 86.4. The van der Waals surface area contributed by atoms with E-state index in [0.29, 0.717) is 69.2 Å². The highest BCUT2D eigenvalue weighted by atomic mass is 16.2. The Morgan fingerprint density at radius 2 is 0.648 bits per heavy atom. The van der Waals surface area contributed by atoms with E-state index in [1.54, 1.807) is 55.8 Å². The number of amides is 4. The molecule has 4 saturated carbocycles. The van der Waals surface area contributed by atoms with Crippen LogP contribution < -0.4 is 21.3 Å². The number of nitrogens with one attached hydrogen (secondary N) is 4. The number of aryl methyl sites for hydroxylation is 9. The number of rotatable bonds is 16. The van der Waals surface area contributed by atoms with Gasteiger partial charge in [0.1, 0.15) is 46.0 Å². The number of hydrogen-bond donors (Lipinski definition) is 4. The molecule has 20 heterocycles. The van der Waals surface area contributed by atoms with Gasteiger partial charge in [-0.05, 0) is 292 Å². The minimum absolute atomic E-state index is 0.00224. The molecule has 125 heavy (non-hydrogen) atoms. The maximum atomic E-state index is 13.8. The molecule has 8 bridgehead atoms. The molecule has 12 aromatic rings. The topological polar surface area (TPSA) is 310 Å². The summed E-state index contributed by atoms with van der Waals surface area (Å²) in [6.07, 6.45) is 36.1. The predicted molar refractivity (Wildman–Crippen MR) is 483 cm³/mol. The van der Waals surface area contributed by atoms with Crippen LogP contribution in [0.3, 0.4) is 0 Å². The second-order valence-electron chi connectivity index (χ2n) is 35.3. The molecule has 24 rings (SSSR count). The van der Waals surface area contributed by atoms with E-state index in [0.717, 1.165) is 186 Å². The van der Waals surface area contributed by atoms with Crippen molar-refractivity contribution in [1.82, 2.24) is 89.4 Å². The van der Waals surface area contributed by atoms with E-state index in [9.17, 15) is 19.2 Å². The number of carbonyl (C=O) groups excluding carboxylic acids is 4. The zero-order valence-electron chi connectivity index (χ0n) is 72.5. The monoisotopic (exact) mass is 1670 g/mol. The van der Waals surface area contributed by atoms with Crippen molar-refractivity contribution >= 4 is 46.9 Å². The fourth-order valence-corrected chi connectivity index (χ4v) is 19.6. The third-order valence-corrected chi connectivity index (χ3v) is 25.9. The molecule has 0 radical (unpaired) electrons. The molecule has 12 unspecified atom stereocenters. The lowest BCUT2D eigenvalue weighted by Crippen LogP contribution is -2.60. The third kappa shape index (κ3) is 19.1. The lowest BCUT2D eigenvalue weighted by Gasteiger charge is -2.50. The van der Waals surface area contributed by atoms with E-state index in [2.05, 4.69) is 115 Å². The van der Waals surface area contributed by atoms with E-state index in [1.807, 2.05) is 204 Å². The van der Waals surface area contributed by atoms with Crippen LogP contribution >= 0.6 is 0 Å². The highest BCUT2D eigenvalue weighted by molar-refractivity contribution is 6.01. The first-order chi connectivity index (χ1) is 60.7. The summed E-state index contributed by atoms with van der Waals surface area (Å²) in [4.78, 5) is 126. The second kappa shape index (κ2) is 37.4. The lowest BCUT2D eigenvalue weighted by atomic mass is 9.76. The van der Waals surface area contributed by atoms with E-state index < -0.39 is 0 Å². The summed E-state index contributed by atoms with van der Waals surface area (Å²) in [6.45, 7) is 21.1. The number of pyridine rings is 10. The number of fused-ring (bicyclic) bond motifs is 12. The Morgan fingerprint density at radius 3 is 1.01 bits per heavy atom. The average Bonchev–Trinajstić information content (AvgIpc) is 0.773. The van der Waals surface area contributed by atoms with Gasteiger partial charge in [0.2, 0.25) is 0 Å². The van der Waals surface area contributed by atoms with Gasteiger partial charge in [-0.1, -0.05) is 36.4 Å². The Morgan fingerprint density at radius 1 is 0.296 bits per heavy atom. The van der Waals surface area contributed by atoms with Crippen LogP contribution in [0.4, 0.5) is 23.3 Å². The van der Waals surface area contributed by atoms with Gasteiger partial charge in [-0.15, -0.1) is 0 Å². The van der Waals surface area contributed by atoms with Gasteiger partial charge in [0.25, 0.3) is 23.6 Å². The number of aromatic nitrogens is 14. The maximum Gasteiger partial charge on any atom is 0.273 e. The summed E-state index contributed by atoms with van der Waals surface area (Å²) in [7, 11) is 0. The first-order valence-corrected chi connectivity index (χ1v) is 44.0. The number of hydrogen-bond acceptors (Lipinski definition) is 22. The van der Waals surface area contributed by atoms with Crippen molar-refractivity contribution in [3.63, 3.8) is 0 Å². The van der Waals surface area contributed by atoms with E-state index >= 15 is 0 Å². The standard InChI is InChI=1S/C26H29N5O.C25H27N5O.2C24H26N6O/c1-16-6-9-23(28-13-16)30-21-12-19-7-8-22(21)31(15-19)26(32)25-20(11-17(2)14-29-25)24-18(3)5-4-10-27-24;1-16-6-11-23(27-14-16)29-21-13-18-8-10-22(21)30(15-18)25(31)24-19(9-7-17(2)28-24)20-5-3-4-12-26-20;2*1-15-5-8-21(26-11-15)29-19-10-17-6-7-20(19)30(14-17)24(31)22-18(4-3-9-25-22)23-27-12-16(2)13-28-23/h4-6,9-11,13-14,19,21-22H,7-8,12,15H2,1-3H3,(H,28,30);3-7,9,11-12,14,18,21-22H,8,10,13,15H2,1-2H3,(H,27,29);2*3-5,8-9,11-13,17,19-20H,6-7,10,14H2,1-2H3,(H,26,29). The molecule has 12 aromatic heterocycles. The molecular weight excluding hydrogens is 1560 g/mol. The quantitative estimate of drug-likeness (QED) is 0.0698. The summed E-state index contributed by atoms with van der Waals surface area (Å²) >= 11 is 0. The van der Waals surface area contributed by atoms with Crippen LogP contribution in [-0.2, 0) is 0 Å². The highest BCUT2D eigenvalue weighted by Gasteiger charge is 2.49. The van der Waals surface area contributed by atoms with Gasteiger partial charge in [-0.2, -0.15) is 0 Å². The minimum Gasteiger partial charge on any atom is -0.365 e. The van der Waals surface area contributed by atoms with Crippen LogP contribution in [0, 0.1) is 86.0 Å². The van der Waals surface area contributed by atoms with Crippen molar-refractivity contribution in [2.75, 3.05) is 47.4 Å². The van der Waals surface area contributed by atoms with Gasteiger partial charge in [0, 0.05) is 148 Å². The molecular formula is C99H108N22O4. The van der Waals surface area contributed by atoms with Crippen molar-refractivity contribution in [2.45, 2.75) is 188 Å². The van der Waals surface area contributed by atoms with Crippen LogP contribution in [0.15, 0.2) is 202 Å². The SMILES string of the molecule is Cc1ccc(NC2CC3CCC2N(C(=O)c2nc(C)ccc2-c2ccccn2)C3)nc1.Cc1ccc(NC2CC3CCC2N(C(=O)c2ncc(C)cc2-c2ncccc2C)C3)nc1.Cc1ccc(NC2CC3CCC2N(C(=O)c2ncccc2-c2ncc(C)cn2)C3)nc1.Cc1ccc(NC2CC3CCC2N(C(=O)c2ncccc2-c2ncc(C)cn2)C3)nc1. The molecule has 0 spiro atoms. The Labute approximate surface area is 730 Å². The Hall–Kier alpha value is -13.3. The Bertz CT molecular complexity index is 5640. The fourth-order valence-electron chi connectivity index (χ4n) is 19.6. The smallest absolute Gasteiger partial charge is 0.273 e. The molecule has 8 aliphatic heterocycles. The van der Waals surface area contributed by atoms with E-state index in [4.69, 9.17) is 0 Å². The Kier molecular flexibility index (Phi) is 25.2. The first kappa shape index (κ1) is 84.0. The van der Waals surface area contributed by atoms with Gasteiger partial charge >= 0.3 is 0 Å². The van der Waals surface area contributed by atoms with Crippen LogP contribution in [-0.4, -0.2) is 188 Å². The second-order valence-corrected chi connectivity index (χ2v) is 35.3. The summed E-state index contributed by atoms with van der Waals surface area (Å²) in [5, 5.41) is 14.4. The molecule has 638 valence electrons. The maximum absolute atomic E-state index is 13.8. The van der Waals surface area contributed by atoms with Crippen LogP contribution in [0.1, 0.15) is 169 Å². The van der Waals surface area contributed by atoms with E-state index in [-0.39, 0.29) is 72.0 Å². The first-order valence-electron chi connectivity index (χ1n) is 44.0. The summed E-state index contributed by atoms with van der Waals surface area (Å²) in [5.74, 6) is 6.42. The van der Waals surface area contributed by atoms with Gasteiger partial charge < -0.3 is 40.9 Å². The van der Waals surface area contributed by atoms with Gasteiger partial charge in [-0.25, -0.2) is 44.9 Å². The number of anilines is 4. The number of piperidine rings is 8. The van der Waals surface area contributed by atoms with Crippen molar-refractivity contribution in [2.24, 2.45) is 23.7 Å². The molecule has 0 aromatic carbocycles. The molecule has 26 nitrogen and oxygen atoms in total. The summed E-state index contributed by atoms with van der Waals surface area (Å²) < 4.78 is 0. The molecule has 4 aliphatic carbocycles. The summed E-state index contributed by atoms with van der Waals surface area (Å²) in [5.41, 5.74) is 15.8. The third-order valence-electron chi connectivity index (χ3n) is 25.9. The number of nitrogens with zero attached hydrogens (tertiary/aromatic N) is 18. The van der Waals surface area contributed by atoms with Crippen LogP contribution in [0.25, 0.3) is 45.3 Å². The number of carbonyl (C=O) groups is 4. The zero-order valence-corrected chi connectivity index (χ0v) is 72.5. The molecule has 12 fully saturated rings. The molecule has 12 atom stereocenters. The Balaban J connectivity index is 0.000000118. The average molecular weight is 1670 g/mol. The van der Waals surface area contributed by atoms with Gasteiger partial charge in [0.15, 0.2) is 11.6 Å². The molecule has 26 heteroatoms. The van der Waals surface area contributed by atoms with Crippen LogP contribution in [0.5, 0.6) is 0 Å². The van der Waals surface area contributed by atoms with Crippen molar-refractivity contribution in [3.05, 3.63) is 275 Å². The lowest BCUT2D eigenvalue weighted by molar-refractivity contribution is 0.0273. The van der Waals surface area contributed by atoms with Crippen LogP contribution in [0.2, 0.25) is 0 Å². The molecule has 12 aliphatic rings. The normalized spacial score (nSPS) is 22.3. The van der Waals surface area contributed by atoms with Crippen molar-refractivity contribution in [3.8, 4) is 45.3 Å². The fraction of sp³-hybridized carbons (Fsp3) is 0.374.